The average molecular weight is 411 g/mol. The van der Waals surface area contributed by atoms with Crippen LogP contribution in [0.25, 0.3) is 0 Å². The molecule has 26 heavy (non-hydrogen) atoms. The predicted molar refractivity (Wildman–Crippen MR) is 88.6 cm³/mol. The molecule has 0 aliphatic rings. The number of sulfonamides is 1. The van der Waals surface area contributed by atoms with Crippen LogP contribution in [0.1, 0.15) is 6.92 Å². The summed E-state index contributed by atoms with van der Waals surface area (Å²) in [4.78, 5) is 12.7. The summed E-state index contributed by atoms with van der Waals surface area (Å²) in [5.41, 5.74) is 0. The van der Waals surface area contributed by atoms with Gasteiger partial charge in [0.05, 0.1) is 4.90 Å². The molecule has 0 heterocycles. The van der Waals surface area contributed by atoms with Crippen LogP contribution in [0.2, 0.25) is 0 Å². The Morgan fingerprint density at radius 3 is 2.38 bits per heavy atom. The molecule has 12 heteroatoms. The summed E-state index contributed by atoms with van der Waals surface area (Å²) in [7, 11) is -4.19. The Balaban J connectivity index is 3.01. The fraction of sp³-hybridized carbons (Fsp3) is 0.429. The van der Waals surface area contributed by atoms with Gasteiger partial charge in [0.25, 0.3) is 5.91 Å². The number of amides is 1. The van der Waals surface area contributed by atoms with Gasteiger partial charge in [-0.05, 0) is 37.4 Å². The molecule has 0 saturated heterocycles. The highest BCUT2D eigenvalue weighted by Gasteiger charge is 2.32. The lowest BCUT2D eigenvalue weighted by Crippen LogP contribution is -2.48. The molecule has 1 amide bonds. The lowest BCUT2D eigenvalue weighted by Gasteiger charge is -2.21. The fourth-order valence-electron chi connectivity index (χ4n) is 1.86. The van der Waals surface area contributed by atoms with Gasteiger partial charge in [-0.2, -0.15) is 21.7 Å². The van der Waals surface area contributed by atoms with Crippen LogP contribution in [0, 0.1) is 11.5 Å². The normalized spacial score (nSPS) is 12.9. The van der Waals surface area contributed by atoms with Crippen molar-refractivity contribution in [3.8, 4) is 11.9 Å². The number of carbonyl (C=O) groups is 1. The Bertz CT molecular complexity index is 761. The van der Waals surface area contributed by atoms with Gasteiger partial charge in [0.15, 0.2) is 6.19 Å². The number of nitriles is 1. The molecule has 144 valence electrons. The van der Waals surface area contributed by atoms with Crippen molar-refractivity contribution in [3.63, 3.8) is 0 Å². The third kappa shape index (κ3) is 6.40. The second-order valence-electron chi connectivity index (χ2n) is 4.83. The number of ether oxygens (including phenoxy) is 1. The minimum absolute atomic E-state index is 0.0748. The van der Waals surface area contributed by atoms with Crippen LogP contribution < -0.4 is 9.46 Å². The van der Waals surface area contributed by atoms with Crippen LogP contribution >= 0.6 is 11.8 Å². The summed E-state index contributed by atoms with van der Waals surface area (Å²) in [6, 6.07) is 2.35. The summed E-state index contributed by atoms with van der Waals surface area (Å²) in [6.45, 7) is 1.64. The van der Waals surface area contributed by atoms with Crippen LogP contribution in [0.3, 0.4) is 0 Å². The van der Waals surface area contributed by atoms with E-state index in [2.05, 4.69) is 9.46 Å². The number of thioether (sulfide) groups is 1. The van der Waals surface area contributed by atoms with E-state index in [0.717, 1.165) is 29.2 Å². The third-order valence-electron chi connectivity index (χ3n) is 3.00. The standard InChI is InChI=1S/C14H16F3N3O4S2/c1-3-20(9-18)13(21)12(8-25-2)19-26(22,23)11-6-4-10(5-7-11)24-14(15,16)17/h4-7,12,19H,3,8H2,1-2H3. The molecule has 1 unspecified atom stereocenters. The second-order valence-corrected chi connectivity index (χ2v) is 7.46. The lowest BCUT2D eigenvalue weighted by molar-refractivity contribution is -0.274. The first-order chi connectivity index (χ1) is 12.0. The van der Waals surface area contributed by atoms with Crippen LogP contribution in [-0.2, 0) is 14.8 Å². The number of hydrogen-bond donors (Lipinski definition) is 1. The van der Waals surface area contributed by atoms with Gasteiger partial charge in [-0.15, -0.1) is 13.2 Å². The maximum Gasteiger partial charge on any atom is 0.573 e. The Hall–Kier alpha value is -1.97. The topological polar surface area (TPSA) is 99.5 Å². The largest absolute Gasteiger partial charge is 0.573 e. The highest BCUT2D eigenvalue weighted by atomic mass is 32.2. The molecule has 0 saturated carbocycles. The molecule has 0 aliphatic carbocycles. The fourth-order valence-corrected chi connectivity index (χ4v) is 3.72. The van der Waals surface area contributed by atoms with E-state index in [0.29, 0.717) is 0 Å². The lowest BCUT2D eigenvalue weighted by atomic mass is 10.3. The van der Waals surface area contributed by atoms with Gasteiger partial charge in [0.1, 0.15) is 11.8 Å². The van der Waals surface area contributed by atoms with E-state index in [1.807, 2.05) is 0 Å². The van der Waals surface area contributed by atoms with Gasteiger partial charge in [-0.1, -0.05) is 0 Å². The molecule has 1 aromatic carbocycles. The van der Waals surface area contributed by atoms with E-state index >= 15 is 0 Å². The average Bonchev–Trinajstić information content (AvgIpc) is 2.54. The van der Waals surface area contributed by atoms with Crippen LogP contribution in [-0.4, -0.2) is 50.2 Å². The number of nitrogens with one attached hydrogen (secondary N) is 1. The Morgan fingerprint density at radius 1 is 1.38 bits per heavy atom. The van der Waals surface area contributed by atoms with Crippen molar-refractivity contribution in [1.82, 2.24) is 9.62 Å². The van der Waals surface area contributed by atoms with Crippen molar-refractivity contribution in [2.75, 3.05) is 18.6 Å². The SMILES string of the molecule is CCN(C#N)C(=O)C(CSC)NS(=O)(=O)c1ccc(OC(F)(F)F)cc1. The molecule has 0 bridgehead atoms. The Morgan fingerprint density at radius 2 is 1.96 bits per heavy atom. The van der Waals surface area contributed by atoms with Crippen molar-refractivity contribution in [2.24, 2.45) is 0 Å². The first-order valence-corrected chi connectivity index (χ1v) is 10.00. The first-order valence-electron chi connectivity index (χ1n) is 7.12. The molecule has 0 fully saturated rings. The van der Waals surface area contributed by atoms with E-state index in [1.54, 1.807) is 19.4 Å². The Labute approximate surface area is 153 Å². The Kier molecular flexibility index (Phi) is 7.73. The van der Waals surface area contributed by atoms with Crippen molar-refractivity contribution in [2.45, 2.75) is 24.2 Å². The summed E-state index contributed by atoms with van der Waals surface area (Å²) < 4.78 is 67.0. The number of rotatable bonds is 8. The van der Waals surface area contributed by atoms with Crippen molar-refractivity contribution >= 4 is 27.7 Å². The maximum atomic E-state index is 12.4. The molecule has 0 aromatic heterocycles. The van der Waals surface area contributed by atoms with Gasteiger partial charge < -0.3 is 4.74 Å². The van der Waals surface area contributed by atoms with Gasteiger partial charge in [-0.3, -0.25) is 4.79 Å². The van der Waals surface area contributed by atoms with Gasteiger partial charge in [0.2, 0.25) is 10.0 Å². The number of nitrogens with zero attached hydrogens (tertiary/aromatic N) is 2. The molecule has 0 spiro atoms. The number of benzene rings is 1. The van der Waals surface area contributed by atoms with Crippen molar-refractivity contribution in [1.29, 1.82) is 5.26 Å². The number of carbonyl (C=O) groups excluding carboxylic acids is 1. The zero-order chi connectivity index (χ0) is 20.0. The van der Waals surface area contributed by atoms with Crippen molar-refractivity contribution in [3.05, 3.63) is 24.3 Å². The number of likely N-dealkylation sites (N-methyl/N-ethyl adjacent to an activating group) is 1. The third-order valence-corrected chi connectivity index (χ3v) is 5.15. The number of hydrogen-bond acceptors (Lipinski definition) is 6. The first kappa shape index (κ1) is 22.1. The highest BCUT2D eigenvalue weighted by molar-refractivity contribution is 7.98. The summed E-state index contributed by atoms with van der Waals surface area (Å²) in [6.07, 6.45) is -1.58. The van der Waals surface area contributed by atoms with E-state index in [1.165, 1.54) is 11.8 Å². The number of halogens is 3. The van der Waals surface area contributed by atoms with E-state index in [4.69, 9.17) is 5.26 Å². The predicted octanol–water partition coefficient (Wildman–Crippen LogP) is 1.92. The maximum absolute atomic E-state index is 12.4. The van der Waals surface area contributed by atoms with Crippen molar-refractivity contribution < 1.29 is 31.1 Å². The smallest absolute Gasteiger partial charge is 0.406 e. The highest BCUT2D eigenvalue weighted by Crippen LogP contribution is 2.24. The van der Waals surface area contributed by atoms with Gasteiger partial charge >= 0.3 is 6.36 Å². The van der Waals surface area contributed by atoms with Crippen LogP contribution in [0.15, 0.2) is 29.2 Å². The minimum atomic E-state index is -4.89. The second kappa shape index (κ2) is 9.11. The molecule has 1 aromatic rings. The molecular weight excluding hydrogens is 395 g/mol. The molecule has 1 N–H and O–H groups in total. The zero-order valence-corrected chi connectivity index (χ0v) is 15.4. The van der Waals surface area contributed by atoms with Crippen LogP contribution in [0.4, 0.5) is 13.2 Å². The molecule has 1 rings (SSSR count). The van der Waals surface area contributed by atoms with E-state index in [9.17, 15) is 26.4 Å². The summed E-state index contributed by atoms with van der Waals surface area (Å²) >= 11 is 1.19. The number of alkyl halides is 3. The van der Waals surface area contributed by atoms with Crippen LogP contribution in [0.5, 0.6) is 5.75 Å². The van der Waals surface area contributed by atoms with E-state index in [-0.39, 0.29) is 17.2 Å². The van der Waals surface area contributed by atoms with E-state index < -0.39 is 34.1 Å². The molecule has 0 radical (unpaired) electrons. The minimum Gasteiger partial charge on any atom is -0.406 e. The molecular formula is C14H16F3N3O4S2. The molecule has 0 aliphatic heterocycles. The monoisotopic (exact) mass is 411 g/mol. The zero-order valence-electron chi connectivity index (χ0n) is 13.8. The van der Waals surface area contributed by atoms with Gasteiger partial charge in [0, 0.05) is 12.3 Å². The molecule has 1 atom stereocenters. The summed E-state index contributed by atoms with van der Waals surface area (Å²) in [5.74, 6) is -1.22. The van der Waals surface area contributed by atoms with Gasteiger partial charge in [-0.25, -0.2) is 13.3 Å². The summed E-state index contributed by atoms with van der Waals surface area (Å²) in [5, 5.41) is 8.92. The quantitative estimate of drug-likeness (QED) is 0.518. The molecule has 7 nitrogen and oxygen atoms in total.